The summed E-state index contributed by atoms with van der Waals surface area (Å²) in [5.41, 5.74) is 1.58. The van der Waals surface area contributed by atoms with E-state index in [9.17, 15) is 26.7 Å². The zero-order valence-corrected chi connectivity index (χ0v) is 14.5. The standard InChI is InChI=1S/C20H15F5N2O/c21-11-3-1-10(2-4-11)17-13(5-6-26-19(28)15-9-20(15,24)25)14-7-12(22)8-16(23)18(14)27-17/h1-4,7-8,15,27H,5-6,9H2,(H,26,28)/t15-/m0/s1. The molecule has 4 rings (SSSR count). The lowest BCUT2D eigenvalue weighted by atomic mass is 10.0. The van der Waals surface area contributed by atoms with Crippen molar-refractivity contribution >= 4 is 16.8 Å². The Labute approximate surface area is 156 Å². The van der Waals surface area contributed by atoms with Crippen molar-refractivity contribution < 1.29 is 26.7 Å². The van der Waals surface area contributed by atoms with Gasteiger partial charge in [0.1, 0.15) is 23.4 Å². The molecule has 1 heterocycles. The molecular weight excluding hydrogens is 379 g/mol. The van der Waals surface area contributed by atoms with Crippen LogP contribution in [0.4, 0.5) is 22.0 Å². The highest BCUT2D eigenvalue weighted by Crippen LogP contribution is 2.48. The van der Waals surface area contributed by atoms with Crippen LogP contribution in [0, 0.1) is 23.4 Å². The molecule has 3 nitrogen and oxygen atoms in total. The lowest BCUT2D eigenvalue weighted by molar-refractivity contribution is -0.124. The molecule has 3 aromatic rings. The molecule has 0 radical (unpaired) electrons. The van der Waals surface area contributed by atoms with Gasteiger partial charge < -0.3 is 10.3 Å². The van der Waals surface area contributed by atoms with E-state index < -0.39 is 41.6 Å². The number of nitrogens with one attached hydrogen (secondary N) is 2. The minimum atomic E-state index is -2.96. The minimum absolute atomic E-state index is 0.0185. The molecule has 1 saturated carbocycles. The number of carbonyl (C=O) groups is 1. The number of fused-ring (bicyclic) bond motifs is 1. The first kappa shape index (κ1) is 18.5. The summed E-state index contributed by atoms with van der Waals surface area (Å²) >= 11 is 0. The lowest BCUT2D eigenvalue weighted by Gasteiger charge is -2.07. The predicted octanol–water partition coefficient (Wildman–Crippen LogP) is 4.57. The summed E-state index contributed by atoms with van der Waals surface area (Å²) in [4.78, 5) is 14.6. The highest BCUT2D eigenvalue weighted by atomic mass is 19.3. The van der Waals surface area contributed by atoms with E-state index in [4.69, 9.17) is 0 Å². The van der Waals surface area contributed by atoms with Gasteiger partial charge in [0, 0.05) is 30.1 Å². The van der Waals surface area contributed by atoms with Gasteiger partial charge in [-0.05, 0) is 47.9 Å². The molecule has 1 atom stereocenters. The average molecular weight is 394 g/mol. The Bertz CT molecular complexity index is 1060. The molecule has 1 amide bonds. The van der Waals surface area contributed by atoms with E-state index in [1.54, 1.807) is 0 Å². The topological polar surface area (TPSA) is 44.9 Å². The second kappa shape index (κ2) is 6.61. The van der Waals surface area contributed by atoms with Gasteiger partial charge in [0.05, 0.1) is 5.52 Å². The second-order valence-corrected chi connectivity index (χ2v) is 6.85. The van der Waals surface area contributed by atoms with Gasteiger partial charge in [0.2, 0.25) is 5.91 Å². The summed E-state index contributed by atoms with van der Waals surface area (Å²) < 4.78 is 67.1. The fourth-order valence-corrected chi connectivity index (χ4v) is 3.33. The number of hydrogen-bond donors (Lipinski definition) is 2. The maximum atomic E-state index is 14.2. The van der Waals surface area contributed by atoms with E-state index >= 15 is 0 Å². The Morgan fingerprint density at radius 3 is 2.43 bits per heavy atom. The van der Waals surface area contributed by atoms with Crippen LogP contribution in [0.25, 0.3) is 22.2 Å². The Kier molecular flexibility index (Phi) is 4.36. The zero-order valence-electron chi connectivity index (χ0n) is 14.5. The van der Waals surface area contributed by atoms with Crippen LogP contribution in [0.1, 0.15) is 12.0 Å². The van der Waals surface area contributed by atoms with E-state index in [-0.39, 0.29) is 23.9 Å². The summed E-state index contributed by atoms with van der Waals surface area (Å²) in [6, 6.07) is 7.35. The van der Waals surface area contributed by atoms with Crippen LogP contribution in [-0.2, 0) is 11.2 Å². The largest absolute Gasteiger partial charge is 0.355 e. The number of aromatic nitrogens is 1. The molecule has 0 aliphatic heterocycles. The van der Waals surface area contributed by atoms with Crippen molar-refractivity contribution in [2.75, 3.05) is 6.54 Å². The van der Waals surface area contributed by atoms with E-state index in [0.717, 1.165) is 12.1 Å². The van der Waals surface area contributed by atoms with Gasteiger partial charge in [-0.15, -0.1) is 0 Å². The van der Waals surface area contributed by atoms with Gasteiger partial charge in [0.15, 0.2) is 0 Å². The third-order valence-electron chi connectivity index (χ3n) is 4.88. The molecule has 0 saturated heterocycles. The van der Waals surface area contributed by atoms with Crippen molar-refractivity contribution in [3.63, 3.8) is 0 Å². The molecule has 0 bridgehead atoms. The van der Waals surface area contributed by atoms with E-state index in [0.29, 0.717) is 16.8 Å². The monoisotopic (exact) mass is 394 g/mol. The Morgan fingerprint density at radius 2 is 1.79 bits per heavy atom. The van der Waals surface area contributed by atoms with Gasteiger partial charge >= 0.3 is 0 Å². The number of benzene rings is 2. The molecule has 2 aromatic carbocycles. The Hall–Kier alpha value is -2.90. The molecule has 1 aromatic heterocycles. The number of alkyl halides is 2. The van der Waals surface area contributed by atoms with Crippen LogP contribution in [0.3, 0.4) is 0 Å². The number of amides is 1. The first-order valence-corrected chi connectivity index (χ1v) is 8.67. The van der Waals surface area contributed by atoms with Gasteiger partial charge in [-0.2, -0.15) is 0 Å². The number of halogens is 5. The molecule has 28 heavy (non-hydrogen) atoms. The van der Waals surface area contributed by atoms with Crippen molar-refractivity contribution in [1.82, 2.24) is 10.3 Å². The third kappa shape index (κ3) is 3.34. The second-order valence-electron chi connectivity index (χ2n) is 6.85. The van der Waals surface area contributed by atoms with Gasteiger partial charge in [-0.1, -0.05) is 0 Å². The molecule has 1 fully saturated rings. The molecule has 1 aliphatic carbocycles. The Morgan fingerprint density at radius 1 is 1.11 bits per heavy atom. The fraction of sp³-hybridized carbons (Fsp3) is 0.250. The first-order valence-electron chi connectivity index (χ1n) is 8.67. The highest BCUT2D eigenvalue weighted by molar-refractivity contribution is 5.91. The third-order valence-corrected chi connectivity index (χ3v) is 4.88. The van der Waals surface area contributed by atoms with E-state index in [1.807, 2.05) is 0 Å². The molecule has 8 heteroatoms. The van der Waals surface area contributed by atoms with Crippen LogP contribution in [0.5, 0.6) is 0 Å². The van der Waals surface area contributed by atoms with Crippen molar-refractivity contribution in [1.29, 1.82) is 0 Å². The van der Waals surface area contributed by atoms with Crippen molar-refractivity contribution in [3.05, 3.63) is 59.4 Å². The molecule has 1 aliphatic rings. The number of carbonyl (C=O) groups excluding carboxylic acids is 1. The Balaban J connectivity index is 1.65. The fourth-order valence-electron chi connectivity index (χ4n) is 3.33. The number of hydrogen-bond acceptors (Lipinski definition) is 1. The summed E-state index contributed by atoms with van der Waals surface area (Å²) in [5, 5.41) is 2.72. The van der Waals surface area contributed by atoms with E-state index in [2.05, 4.69) is 10.3 Å². The van der Waals surface area contributed by atoms with Crippen molar-refractivity contribution in [3.8, 4) is 11.3 Å². The number of aromatic amines is 1. The molecule has 2 N–H and O–H groups in total. The maximum Gasteiger partial charge on any atom is 0.260 e. The van der Waals surface area contributed by atoms with Crippen LogP contribution in [-0.4, -0.2) is 23.4 Å². The van der Waals surface area contributed by atoms with Gasteiger partial charge in [0.25, 0.3) is 5.92 Å². The van der Waals surface area contributed by atoms with Crippen molar-refractivity contribution in [2.24, 2.45) is 5.92 Å². The zero-order chi connectivity index (χ0) is 20.1. The van der Waals surface area contributed by atoms with Crippen LogP contribution in [0.2, 0.25) is 0 Å². The number of H-pyrrole nitrogens is 1. The highest BCUT2D eigenvalue weighted by Gasteiger charge is 2.61. The minimum Gasteiger partial charge on any atom is -0.355 e. The summed E-state index contributed by atoms with van der Waals surface area (Å²) in [6.45, 7) is 0.0185. The van der Waals surface area contributed by atoms with E-state index in [1.165, 1.54) is 24.3 Å². The van der Waals surface area contributed by atoms with Gasteiger partial charge in [-0.3, -0.25) is 4.79 Å². The quantitative estimate of drug-likeness (QED) is 0.612. The predicted molar refractivity (Wildman–Crippen MR) is 93.4 cm³/mol. The van der Waals surface area contributed by atoms with Crippen LogP contribution >= 0.6 is 0 Å². The van der Waals surface area contributed by atoms with Crippen LogP contribution < -0.4 is 5.32 Å². The maximum absolute atomic E-state index is 14.2. The molecular formula is C20H15F5N2O. The molecule has 0 spiro atoms. The first-order chi connectivity index (χ1) is 13.3. The SMILES string of the molecule is O=C(NCCc1c(-c2ccc(F)cc2)[nH]c2c(F)cc(F)cc12)[C@@H]1CC1(F)F. The van der Waals surface area contributed by atoms with Gasteiger partial charge in [-0.25, -0.2) is 22.0 Å². The molecule has 146 valence electrons. The molecule has 0 unspecified atom stereocenters. The van der Waals surface area contributed by atoms with Crippen molar-refractivity contribution in [2.45, 2.75) is 18.8 Å². The summed E-state index contributed by atoms with van der Waals surface area (Å²) in [6.07, 6.45) is -0.317. The smallest absolute Gasteiger partial charge is 0.260 e. The summed E-state index contributed by atoms with van der Waals surface area (Å²) in [5.74, 6) is -7.02. The summed E-state index contributed by atoms with van der Waals surface area (Å²) in [7, 11) is 0. The number of rotatable bonds is 5. The average Bonchev–Trinajstić information content (AvgIpc) is 3.12. The van der Waals surface area contributed by atoms with Crippen LogP contribution in [0.15, 0.2) is 36.4 Å². The normalized spacial score (nSPS) is 17.7. The lowest BCUT2D eigenvalue weighted by Crippen LogP contribution is -2.29.